The lowest BCUT2D eigenvalue weighted by Crippen LogP contribution is -2.36. The van der Waals surface area contributed by atoms with E-state index in [1.54, 1.807) is 18.2 Å². The van der Waals surface area contributed by atoms with Gasteiger partial charge in [-0.15, -0.1) is 0 Å². The average Bonchev–Trinajstić information content (AvgIpc) is 3.93. The van der Waals surface area contributed by atoms with Crippen molar-refractivity contribution < 1.29 is 28.8 Å². The van der Waals surface area contributed by atoms with Gasteiger partial charge < -0.3 is 0 Å². The second-order valence-corrected chi connectivity index (χ2v) is 15.7. The number of hydrogen-bond donors (Lipinski definition) is 0. The van der Waals surface area contributed by atoms with Crippen LogP contribution in [0.1, 0.15) is 160 Å². The molecular weight excluding hydrogens is 618 g/mol. The van der Waals surface area contributed by atoms with Gasteiger partial charge in [0.15, 0.2) is 5.78 Å². The molecule has 0 aromatic heterocycles. The second kappa shape index (κ2) is 18.9. The Morgan fingerprint density at radius 2 is 1.00 bits per heavy atom. The minimum absolute atomic E-state index is 0.0662. The molecule has 0 atom stereocenters. The average molecular weight is 674 g/mol. The van der Waals surface area contributed by atoms with E-state index in [2.05, 4.69) is 15.0 Å². The molecule has 1 aromatic carbocycles. The summed E-state index contributed by atoms with van der Waals surface area (Å²) in [7, 11) is 0. The topological polar surface area (TPSA) is 140 Å². The smallest absolute Gasteiger partial charge is 0.235 e. The summed E-state index contributed by atoms with van der Waals surface area (Å²) in [6.45, 7) is 5.74. The van der Waals surface area contributed by atoms with Gasteiger partial charge in [0.1, 0.15) is 11.6 Å². The summed E-state index contributed by atoms with van der Waals surface area (Å²) in [5, 5.41) is 0. The molecular formula is C40H55N3O6. The van der Waals surface area contributed by atoms with Crippen LogP contribution in [0.4, 0.5) is 0 Å². The van der Waals surface area contributed by atoms with Crippen LogP contribution < -0.4 is 0 Å². The molecule has 0 spiro atoms. The third-order valence-electron chi connectivity index (χ3n) is 10.6. The molecule has 0 heterocycles. The van der Waals surface area contributed by atoms with E-state index in [9.17, 15) is 28.8 Å². The first-order valence-electron chi connectivity index (χ1n) is 18.3. The van der Waals surface area contributed by atoms with Crippen LogP contribution >= 0.6 is 0 Å². The van der Waals surface area contributed by atoms with E-state index in [0.717, 1.165) is 96.3 Å². The lowest BCUT2D eigenvalue weighted by atomic mass is 9.75. The molecule has 4 aliphatic rings. The fraction of sp³-hybridized carbons (Fsp3) is 0.700. The number of isocyanates is 3. The van der Waals surface area contributed by atoms with E-state index in [-0.39, 0.29) is 28.4 Å². The Kier molecular flexibility index (Phi) is 15.4. The van der Waals surface area contributed by atoms with Crippen LogP contribution in [-0.4, -0.2) is 52.2 Å². The van der Waals surface area contributed by atoms with E-state index in [1.165, 1.54) is 12.8 Å². The summed E-state index contributed by atoms with van der Waals surface area (Å²) in [6, 6.07) is 9.21. The van der Waals surface area contributed by atoms with Gasteiger partial charge in [-0.05, 0) is 51.4 Å². The van der Waals surface area contributed by atoms with Crippen molar-refractivity contribution in [2.24, 2.45) is 26.3 Å². The molecule has 9 heteroatoms. The van der Waals surface area contributed by atoms with Gasteiger partial charge in [0.2, 0.25) is 18.2 Å². The summed E-state index contributed by atoms with van der Waals surface area (Å²) in [5.41, 5.74) is -0.955. The Hall–Kier alpha value is -3.63. The normalized spacial score (nSPS) is 20.5. The lowest BCUT2D eigenvalue weighted by Gasteiger charge is -2.33. The van der Waals surface area contributed by atoms with Crippen molar-refractivity contribution in [3.8, 4) is 0 Å². The molecule has 0 amide bonds. The Morgan fingerprint density at radius 3 is 1.37 bits per heavy atom. The Bertz CT molecular complexity index is 1390. The minimum Gasteiger partial charge on any atom is -0.299 e. The Balaban J connectivity index is 0.000000200. The molecule has 0 radical (unpaired) electrons. The van der Waals surface area contributed by atoms with Crippen LogP contribution in [-0.2, 0) is 24.0 Å². The summed E-state index contributed by atoms with van der Waals surface area (Å²) in [5.74, 6) is 0.853. The minimum atomic E-state index is -0.493. The zero-order valence-electron chi connectivity index (χ0n) is 29.9. The highest BCUT2D eigenvalue weighted by Crippen LogP contribution is 2.40. The van der Waals surface area contributed by atoms with Crippen molar-refractivity contribution >= 4 is 35.6 Å². The van der Waals surface area contributed by atoms with Gasteiger partial charge >= 0.3 is 0 Å². The zero-order chi connectivity index (χ0) is 35.8. The highest BCUT2D eigenvalue weighted by molar-refractivity contribution is 5.96. The Labute approximate surface area is 291 Å². The van der Waals surface area contributed by atoms with Gasteiger partial charge in [0.05, 0.1) is 16.6 Å². The fourth-order valence-corrected chi connectivity index (χ4v) is 7.37. The first-order chi connectivity index (χ1) is 23.4. The van der Waals surface area contributed by atoms with Crippen LogP contribution in [0.15, 0.2) is 45.3 Å². The van der Waals surface area contributed by atoms with Crippen molar-refractivity contribution in [2.45, 2.75) is 166 Å². The molecule has 4 fully saturated rings. The first kappa shape index (κ1) is 39.8. The molecule has 49 heavy (non-hydrogen) atoms. The van der Waals surface area contributed by atoms with E-state index in [0.29, 0.717) is 30.6 Å². The van der Waals surface area contributed by atoms with Crippen LogP contribution in [0, 0.1) is 11.3 Å². The van der Waals surface area contributed by atoms with Crippen LogP contribution in [0.5, 0.6) is 0 Å². The van der Waals surface area contributed by atoms with Gasteiger partial charge in [0.25, 0.3) is 0 Å². The molecule has 5 rings (SSSR count). The highest BCUT2D eigenvalue weighted by Gasteiger charge is 2.40. The van der Waals surface area contributed by atoms with Crippen LogP contribution in [0.25, 0.3) is 0 Å². The van der Waals surface area contributed by atoms with E-state index in [4.69, 9.17) is 0 Å². The fourth-order valence-electron chi connectivity index (χ4n) is 7.37. The summed E-state index contributed by atoms with van der Waals surface area (Å²) >= 11 is 0. The largest absolute Gasteiger partial charge is 0.299 e. The van der Waals surface area contributed by atoms with Gasteiger partial charge in [-0.2, -0.15) is 15.0 Å². The molecule has 0 saturated heterocycles. The van der Waals surface area contributed by atoms with E-state index >= 15 is 0 Å². The molecule has 0 bridgehead atoms. The van der Waals surface area contributed by atoms with Crippen molar-refractivity contribution in [3.63, 3.8) is 0 Å². The standard InChI is InChI=1S/C15H17NO2.C13H21NO2.C12H17NO2/c17-12-16-15(9-5-2-6-10-15)11-14(18)13-7-3-1-4-8-13;1-12(2,3)11(16)9-13(14-10-15)7-5-4-6-8-13;14-9-13-12(6-2-1-3-7-12)8-11(15)10-4-5-10/h1,3-4,7-8H,2,5-6,9-11H2;4-9H2,1-3H3;10H,1-8H2. The number of ketones is 3. The maximum Gasteiger partial charge on any atom is 0.235 e. The summed E-state index contributed by atoms with van der Waals surface area (Å²) in [6.07, 6.45) is 23.3. The van der Waals surface area contributed by atoms with E-state index in [1.807, 2.05) is 51.1 Å². The third kappa shape index (κ3) is 13.0. The van der Waals surface area contributed by atoms with Gasteiger partial charge in [-0.25, -0.2) is 14.4 Å². The molecule has 0 N–H and O–H groups in total. The molecule has 1 aromatic rings. The molecule has 9 nitrogen and oxygen atoms in total. The van der Waals surface area contributed by atoms with Crippen molar-refractivity contribution in [3.05, 3.63) is 35.9 Å². The SMILES string of the molecule is CC(C)(C)C(=O)CC1(N=C=O)CCCCC1.O=C=NC1(CC(=O)C2CC2)CCCCC1.O=C=NC1(CC(=O)c2ccccc2)CCCCC1. The predicted octanol–water partition coefficient (Wildman–Crippen LogP) is 8.72. The summed E-state index contributed by atoms with van der Waals surface area (Å²) in [4.78, 5) is 79.4. The monoisotopic (exact) mass is 673 g/mol. The molecule has 0 unspecified atom stereocenters. The quantitative estimate of drug-likeness (QED) is 0.131. The third-order valence-corrected chi connectivity index (χ3v) is 10.6. The number of aliphatic imine (C=N–C) groups is 3. The number of benzene rings is 1. The van der Waals surface area contributed by atoms with Crippen molar-refractivity contribution in [1.82, 2.24) is 0 Å². The molecule has 4 saturated carbocycles. The number of rotatable bonds is 11. The molecule has 0 aliphatic heterocycles. The Morgan fingerprint density at radius 1 is 0.612 bits per heavy atom. The van der Waals surface area contributed by atoms with Crippen molar-refractivity contribution in [2.75, 3.05) is 0 Å². The number of hydrogen-bond acceptors (Lipinski definition) is 9. The highest BCUT2D eigenvalue weighted by atomic mass is 16.1. The number of Topliss-reactive ketones (excluding diaryl/α,β-unsaturated/α-hetero) is 3. The first-order valence-corrected chi connectivity index (χ1v) is 18.3. The predicted molar refractivity (Wildman–Crippen MR) is 189 cm³/mol. The molecule has 266 valence electrons. The molecule has 4 aliphatic carbocycles. The number of carbonyl (C=O) groups excluding carboxylic acids is 6. The zero-order valence-corrected chi connectivity index (χ0v) is 29.9. The van der Waals surface area contributed by atoms with Crippen LogP contribution in [0.3, 0.4) is 0 Å². The number of nitrogens with zero attached hydrogens (tertiary/aromatic N) is 3. The van der Waals surface area contributed by atoms with Crippen molar-refractivity contribution in [1.29, 1.82) is 0 Å². The van der Waals surface area contributed by atoms with Gasteiger partial charge in [-0.3, -0.25) is 14.4 Å². The second-order valence-electron chi connectivity index (χ2n) is 15.7. The maximum atomic E-state index is 12.2. The van der Waals surface area contributed by atoms with E-state index < -0.39 is 11.1 Å². The number of carbonyl (C=O) groups is 3. The van der Waals surface area contributed by atoms with Crippen LogP contribution in [0.2, 0.25) is 0 Å². The summed E-state index contributed by atoms with van der Waals surface area (Å²) < 4.78 is 0. The maximum absolute atomic E-state index is 12.2. The van der Waals surface area contributed by atoms with Gasteiger partial charge in [-0.1, -0.05) is 109 Å². The lowest BCUT2D eigenvalue weighted by molar-refractivity contribution is -0.127. The van der Waals surface area contributed by atoms with Gasteiger partial charge in [0, 0.05) is 36.2 Å².